The minimum atomic E-state index is -0.667. The van der Waals surface area contributed by atoms with E-state index in [9.17, 15) is 9.90 Å². The quantitative estimate of drug-likeness (QED) is 0.236. The number of allylic oxidation sites excluding steroid dienone is 10. The van der Waals surface area contributed by atoms with Crippen LogP contribution in [0.2, 0.25) is 0 Å². The smallest absolute Gasteiger partial charge is 0.306 e. The number of hydrogen-bond donors (Lipinski definition) is 1. The van der Waals surface area contributed by atoms with Crippen LogP contribution in [0, 0.1) is 11.3 Å². The zero-order valence-corrected chi connectivity index (χ0v) is 21.0. The highest BCUT2D eigenvalue weighted by Gasteiger charge is 2.26. The van der Waals surface area contributed by atoms with Crippen LogP contribution < -0.4 is 0 Å². The molecule has 1 aliphatic rings. The normalized spacial score (nSPS) is 18.9. The van der Waals surface area contributed by atoms with Gasteiger partial charge in [0.1, 0.15) is 0 Å². The molecule has 2 heteroatoms. The molecule has 0 aromatic carbocycles. The Bertz CT molecular complexity index is 713. The van der Waals surface area contributed by atoms with E-state index in [2.05, 4.69) is 71.1 Å². The molecule has 0 spiro atoms. The van der Waals surface area contributed by atoms with Gasteiger partial charge in [0.25, 0.3) is 0 Å². The standard InChI is InChI=1S/C29H46O2/c1-7-8-9-10-11-17-26(28(30)31)20-18-23(2)14-12-15-24(3)19-21-27-25(4)16-13-22-29(27,5)6/h12,14-15,18-19,21,26H,7-11,13,16-17,20,22H2,1-6H3,(H,30,31). The molecule has 0 bridgehead atoms. The number of hydrogen-bond acceptors (Lipinski definition) is 1. The highest BCUT2D eigenvalue weighted by atomic mass is 16.4. The second-order valence-electron chi connectivity index (χ2n) is 9.96. The molecule has 0 aliphatic heterocycles. The van der Waals surface area contributed by atoms with E-state index in [1.54, 1.807) is 0 Å². The number of carboxylic acids is 1. The van der Waals surface area contributed by atoms with Gasteiger partial charge in [-0.3, -0.25) is 4.79 Å². The summed E-state index contributed by atoms with van der Waals surface area (Å²) in [5.41, 5.74) is 5.62. The molecule has 0 amide bonds. The van der Waals surface area contributed by atoms with Crippen LogP contribution in [0.3, 0.4) is 0 Å². The van der Waals surface area contributed by atoms with Gasteiger partial charge in [-0.1, -0.05) is 106 Å². The van der Waals surface area contributed by atoms with E-state index >= 15 is 0 Å². The fourth-order valence-corrected chi connectivity index (χ4v) is 4.36. The van der Waals surface area contributed by atoms with Crippen LogP contribution in [-0.2, 0) is 4.79 Å². The van der Waals surface area contributed by atoms with Crippen molar-refractivity contribution in [2.45, 2.75) is 106 Å². The number of unbranched alkanes of at least 4 members (excludes halogenated alkanes) is 4. The van der Waals surface area contributed by atoms with E-state index in [1.165, 1.54) is 55.2 Å². The molecule has 0 saturated carbocycles. The van der Waals surface area contributed by atoms with Crippen LogP contribution >= 0.6 is 0 Å². The van der Waals surface area contributed by atoms with Crippen molar-refractivity contribution in [3.8, 4) is 0 Å². The summed E-state index contributed by atoms with van der Waals surface area (Å²) in [6.07, 6.45) is 23.9. The van der Waals surface area contributed by atoms with E-state index in [-0.39, 0.29) is 11.3 Å². The molecule has 2 nitrogen and oxygen atoms in total. The first-order chi connectivity index (χ1) is 14.7. The summed E-state index contributed by atoms with van der Waals surface area (Å²) in [6, 6.07) is 0. The Balaban J connectivity index is 2.59. The number of aliphatic carboxylic acids is 1. The topological polar surface area (TPSA) is 37.3 Å². The van der Waals surface area contributed by atoms with Gasteiger partial charge >= 0.3 is 5.97 Å². The lowest BCUT2D eigenvalue weighted by Crippen LogP contribution is -2.19. The van der Waals surface area contributed by atoms with Gasteiger partial charge in [-0.25, -0.2) is 0 Å². The van der Waals surface area contributed by atoms with Gasteiger partial charge in [-0.05, 0) is 63.9 Å². The minimum absolute atomic E-state index is 0.263. The van der Waals surface area contributed by atoms with Crippen LogP contribution in [0.5, 0.6) is 0 Å². The molecule has 31 heavy (non-hydrogen) atoms. The number of carboxylic acid groups (broad SMARTS) is 1. The van der Waals surface area contributed by atoms with Crippen LogP contribution in [0.25, 0.3) is 0 Å². The molecule has 1 aliphatic carbocycles. The predicted molar refractivity (Wildman–Crippen MR) is 135 cm³/mol. The summed E-state index contributed by atoms with van der Waals surface area (Å²) in [5.74, 6) is -0.930. The largest absolute Gasteiger partial charge is 0.481 e. The fourth-order valence-electron chi connectivity index (χ4n) is 4.36. The van der Waals surface area contributed by atoms with E-state index in [0.29, 0.717) is 6.42 Å². The van der Waals surface area contributed by atoms with Gasteiger partial charge in [-0.2, -0.15) is 0 Å². The molecule has 0 aromatic rings. The lowest BCUT2D eigenvalue weighted by Gasteiger charge is -2.32. The molecular formula is C29H46O2. The zero-order valence-electron chi connectivity index (χ0n) is 21.0. The van der Waals surface area contributed by atoms with Crippen molar-refractivity contribution in [1.82, 2.24) is 0 Å². The average molecular weight is 427 g/mol. The number of carbonyl (C=O) groups is 1. The third kappa shape index (κ3) is 10.8. The third-order valence-corrected chi connectivity index (χ3v) is 6.50. The van der Waals surface area contributed by atoms with Gasteiger partial charge in [0, 0.05) is 0 Å². The van der Waals surface area contributed by atoms with Gasteiger partial charge in [0.15, 0.2) is 0 Å². The van der Waals surface area contributed by atoms with Crippen LogP contribution in [0.1, 0.15) is 106 Å². The number of rotatable bonds is 13. The Morgan fingerprint density at radius 2 is 1.81 bits per heavy atom. The van der Waals surface area contributed by atoms with Crippen molar-refractivity contribution in [2.75, 3.05) is 0 Å². The minimum Gasteiger partial charge on any atom is -0.481 e. The van der Waals surface area contributed by atoms with Crippen molar-refractivity contribution in [1.29, 1.82) is 0 Å². The molecule has 1 N–H and O–H groups in total. The highest BCUT2D eigenvalue weighted by Crippen LogP contribution is 2.40. The Morgan fingerprint density at radius 3 is 2.45 bits per heavy atom. The maximum atomic E-state index is 11.5. The Kier molecular flexibility index (Phi) is 12.5. The first kappa shape index (κ1) is 27.2. The van der Waals surface area contributed by atoms with E-state index < -0.39 is 5.97 Å². The average Bonchev–Trinajstić information content (AvgIpc) is 2.68. The van der Waals surface area contributed by atoms with E-state index in [4.69, 9.17) is 0 Å². The first-order valence-corrected chi connectivity index (χ1v) is 12.3. The third-order valence-electron chi connectivity index (χ3n) is 6.50. The lowest BCUT2D eigenvalue weighted by molar-refractivity contribution is -0.141. The maximum Gasteiger partial charge on any atom is 0.306 e. The molecule has 1 unspecified atom stereocenters. The van der Waals surface area contributed by atoms with Gasteiger partial charge < -0.3 is 5.11 Å². The zero-order chi connectivity index (χ0) is 23.3. The van der Waals surface area contributed by atoms with Crippen molar-refractivity contribution >= 4 is 5.97 Å². The van der Waals surface area contributed by atoms with E-state index in [1.807, 2.05) is 6.92 Å². The van der Waals surface area contributed by atoms with Crippen molar-refractivity contribution in [3.05, 3.63) is 58.7 Å². The molecule has 0 radical (unpaired) electrons. The van der Waals surface area contributed by atoms with Crippen molar-refractivity contribution in [3.63, 3.8) is 0 Å². The molecule has 0 heterocycles. The fraction of sp³-hybridized carbons (Fsp3) is 0.621. The molecule has 174 valence electrons. The summed E-state index contributed by atoms with van der Waals surface area (Å²) in [7, 11) is 0. The van der Waals surface area contributed by atoms with Crippen molar-refractivity contribution in [2.24, 2.45) is 11.3 Å². The summed E-state index contributed by atoms with van der Waals surface area (Å²) in [5, 5.41) is 9.49. The molecule has 0 fully saturated rings. The molecule has 1 atom stereocenters. The summed E-state index contributed by atoms with van der Waals surface area (Å²) in [4.78, 5) is 11.5. The second kappa shape index (κ2) is 14.3. The van der Waals surface area contributed by atoms with Crippen LogP contribution in [0.4, 0.5) is 0 Å². The van der Waals surface area contributed by atoms with Gasteiger partial charge in [0.05, 0.1) is 5.92 Å². The van der Waals surface area contributed by atoms with Crippen LogP contribution in [0.15, 0.2) is 58.7 Å². The lowest BCUT2D eigenvalue weighted by atomic mass is 9.72. The van der Waals surface area contributed by atoms with E-state index in [0.717, 1.165) is 24.8 Å². The highest BCUT2D eigenvalue weighted by molar-refractivity contribution is 5.70. The molecule has 0 aromatic heterocycles. The maximum absolute atomic E-state index is 11.5. The summed E-state index contributed by atoms with van der Waals surface area (Å²) >= 11 is 0. The SMILES string of the molecule is CCCCCCCC(CC=C(C)C=CC=C(C)C=CC1=C(C)CCCC1(C)C)C(=O)O. The Labute approximate surface area is 191 Å². The summed E-state index contributed by atoms with van der Waals surface area (Å²) in [6.45, 7) is 13.3. The summed E-state index contributed by atoms with van der Waals surface area (Å²) < 4.78 is 0. The molecule has 0 saturated heterocycles. The Morgan fingerprint density at radius 1 is 1.10 bits per heavy atom. The van der Waals surface area contributed by atoms with Gasteiger partial charge in [-0.15, -0.1) is 0 Å². The predicted octanol–water partition coefficient (Wildman–Crippen LogP) is 8.97. The van der Waals surface area contributed by atoms with Crippen molar-refractivity contribution < 1.29 is 9.90 Å². The second-order valence-corrected chi connectivity index (χ2v) is 9.96. The Hall–Kier alpha value is -1.83. The first-order valence-electron chi connectivity index (χ1n) is 12.3. The van der Waals surface area contributed by atoms with Crippen LogP contribution in [-0.4, -0.2) is 11.1 Å². The van der Waals surface area contributed by atoms with Gasteiger partial charge in [0.2, 0.25) is 0 Å². The molecule has 1 rings (SSSR count). The monoisotopic (exact) mass is 426 g/mol. The molecular weight excluding hydrogens is 380 g/mol.